The van der Waals surface area contributed by atoms with Gasteiger partial charge in [-0.1, -0.05) is 39.7 Å². The second-order valence-corrected chi connectivity index (χ2v) is 6.27. The molecule has 1 amide bonds. The van der Waals surface area contributed by atoms with Crippen molar-refractivity contribution in [2.45, 2.75) is 0 Å². The number of nitrogens with zero attached hydrogens (tertiary/aromatic N) is 1. The van der Waals surface area contributed by atoms with Crippen LogP contribution in [-0.2, 0) is 0 Å². The first-order valence-electron chi connectivity index (χ1n) is 7.03. The number of anilines is 1. The van der Waals surface area contributed by atoms with Crippen LogP contribution in [0.25, 0.3) is 11.3 Å². The SMILES string of the molecule is COc1ccccc1-c1cc(NC(=O)c2cc(Br)ccc2Cl)n[nH]1. The van der Waals surface area contributed by atoms with Gasteiger partial charge in [0.05, 0.1) is 23.4 Å². The Labute approximate surface area is 152 Å². The molecule has 5 nitrogen and oxygen atoms in total. The minimum Gasteiger partial charge on any atom is -0.496 e. The predicted octanol–water partition coefficient (Wildman–Crippen LogP) is 4.75. The van der Waals surface area contributed by atoms with Crippen LogP contribution in [0.3, 0.4) is 0 Å². The lowest BCUT2D eigenvalue weighted by Gasteiger charge is -2.05. The average Bonchev–Trinajstić information content (AvgIpc) is 3.05. The molecule has 7 heteroatoms. The van der Waals surface area contributed by atoms with Crippen LogP contribution in [0.1, 0.15) is 10.4 Å². The summed E-state index contributed by atoms with van der Waals surface area (Å²) in [7, 11) is 1.60. The number of hydrogen-bond donors (Lipinski definition) is 2. The van der Waals surface area contributed by atoms with Gasteiger partial charge in [0.25, 0.3) is 5.91 Å². The Balaban J connectivity index is 1.84. The molecule has 0 bridgehead atoms. The van der Waals surface area contributed by atoms with Gasteiger partial charge >= 0.3 is 0 Å². The van der Waals surface area contributed by atoms with Crippen LogP contribution in [0.4, 0.5) is 5.82 Å². The van der Waals surface area contributed by atoms with Crippen molar-refractivity contribution in [2.75, 3.05) is 12.4 Å². The summed E-state index contributed by atoms with van der Waals surface area (Å²) in [6.07, 6.45) is 0. The van der Waals surface area contributed by atoms with Gasteiger partial charge in [0, 0.05) is 16.1 Å². The number of carbonyl (C=O) groups excluding carboxylic acids is 1. The van der Waals surface area contributed by atoms with Gasteiger partial charge in [-0.25, -0.2) is 0 Å². The number of aromatic amines is 1. The Hall–Kier alpha value is -2.31. The van der Waals surface area contributed by atoms with Crippen LogP contribution in [0.2, 0.25) is 5.02 Å². The smallest absolute Gasteiger partial charge is 0.258 e. The van der Waals surface area contributed by atoms with E-state index >= 15 is 0 Å². The molecule has 3 rings (SSSR count). The van der Waals surface area contributed by atoms with Crippen molar-refractivity contribution >= 4 is 39.3 Å². The van der Waals surface area contributed by atoms with Crippen LogP contribution in [0.5, 0.6) is 5.75 Å². The lowest BCUT2D eigenvalue weighted by atomic mass is 10.1. The number of benzene rings is 2. The number of para-hydroxylation sites is 1. The lowest BCUT2D eigenvalue weighted by molar-refractivity contribution is 0.102. The zero-order valence-corrected chi connectivity index (χ0v) is 15.0. The largest absolute Gasteiger partial charge is 0.496 e. The van der Waals surface area contributed by atoms with Gasteiger partial charge in [-0.05, 0) is 30.3 Å². The van der Waals surface area contributed by atoms with Crippen molar-refractivity contribution in [3.63, 3.8) is 0 Å². The zero-order valence-electron chi connectivity index (χ0n) is 12.6. The summed E-state index contributed by atoms with van der Waals surface area (Å²) in [5.41, 5.74) is 1.96. The monoisotopic (exact) mass is 405 g/mol. The van der Waals surface area contributed by atoms with Gasteiger partial charge in [-0.15, -0.1) is 0 Å². The summed E-state index contributed by atoms with van der Waals surface area (Å²) in [6.45, 7) is 0. The Morgan fingerprint density at radius 2 is 2.04 bits per heavy atom. The molecule has 0 unspecified atom stereocenters. The van der Waals surface area contributed by atoms with Crippen molar-refractivity contribution in [3.05, 3.63) is 63.6 Å². The summed E-state index contributed by atoms with van der Waals surface area (Å²) in [4.78, 5) is 12.4. The van der Waals surface area contributed by atoms with E-state index in [-0.39, 0.29) is 5.91 Å². The number of aromatic nitrogens is 2. The quantitative estimate of drug-likeness (QED) is 0.657. The molecular formula is C17H13BrClN3O2. The Morgan fingerprint density at radius 1 is 1.25 bits per heavy atom. The molecule has 2 aromatic carbocycles. The molecule has 0 aliphatic rings. The van der Waals surface area contributed by atoms with E-state index in [1.54, 1.807) is 31.4 Å². The van der Waals surface area contributed by atoms with Crippen molar-refractivity contribution in [1.82, 2.24) is 10.2 Å². The first kappa shape index (κ1) is 16.5. The Morgan fingerprint density at radius 3 is 2.83 bits per heavy atom. The fourth-order valence-electron chi connectivity index (χ4n) is 2.25. The van der Waals surface area contributed by atoms with Crippen LogP contribution >= 0.6 is 27.5 Å². The van der Waals surface area contributed by atoms with Crippen molar-refractivity contribution in [1.29, 1.82) is 0 Å². The van der Waals surface area contributed by atoms with E-state index in [4.69, 9.17) is 16.3 Å². The highest BCUT2D eigenvalue weighted by atomic mass is 79.9. The summed E-state index contributed by atoms with van der Waals surface area (Å²) >= 11 is 9.40. The van der Waals surface area contributed by atoms with Gasteiger partial charge in [0.15, 0.2) is 5.82 Å². The van der Waals surface area contributed by atoms with Gasteiger partial charge in [0.2, 0.25) is 0 Å². The van der Waals surface area contributed by atoms with E-state index in [9.17, 15) is 4.79 Å². The molecule has 1 heterocycles. The van der Waals surface area contributed by atoms with E-state index in [0.717, 1.165) is 15.7 Å². The second-order valence-electron chi connectivity index (χ2n) is 4.95. The topological polar surface area (TPSA) is 67.0 Å². The number of hydrogen-bond acceptors (Lipinski definition) is 3. The number of halogens is 2. The highest BCUT2D eigenvalue weighted by molar-refractivity contribution is 9.10. The molecule has 0 spiro atoms. The Bertz CT molecular complexity index is 895. The van der Waals surface area contributed by atoms with E-state index < -0.39 is 0 Å². The molecular weight excluding hydrogens is 394 g/mol. The number of nitrogens with one attached hydrogen (secondary N) is 2. The van der Waals surface area contributed by atoms with E-state index in [1.807, 2.05) is 24.3 Å². The van der Waals surface area contributed by atoms with E-state index in [1.165, 1.54) is 0 Å². The minimum absolute atomic E-state index is 0.334. The number of methoxy groups -OCH3 is 1. The number of amides is 1. The Kier molecular flexibility index (Phi) is 4.87. The predicted molar refractivity (Wildman–Crippen MR) is 97.7 cm³/mol. The standard InChI is InChI=1S/C17H13BrClN3O2/c1-24-15-5-3-2-4-11(15)14-9-16(22-21-14)20-17(23)12-8-10(18)6-7-13(12)19/h2-9H,1H3,(H2,20,21,22,23). The summed E-state index contributed by atoms with van der Waals surface area (Å²) < 4.78 is 6.10. The molecule has 24 heavy (non-hydrogen) atoms. The first-order chi connectivity index (χ1) is 11.6. The molecule has 0 fully saturated rings. The van der Waals surface area contributed by atoms with E-state index in [2.05, 4.69) is 31.4 Å². The van der Waals surface area contributed by atoms with Crippen molar-refractivity contribution in [2.24, 2.45) is 0 Å². The molecule has 0 atom stereocenters. The third kappa shape index (κ3) is 3.44. The molecule has 0 radical (unpaired) electrons. The third-order valence-electron chi connectivity index (χ3n) is 3.39. The number of carbonyl (C=O) groups is 1. The molecule has 2 N–H and O–H groups in total. The van der Waals surface area contributed by atoms with Gasteiger partial charge in [0.1, 0.15) is 5.75 Å². The molecule has 0 aliphatic heterocycles. The highest BCUT2D eigenvalue weighted by Crippen LogP contribution is 2.29. The maximum Gasteiger partial charge on any atom is 0.258 e. The highest BCUT2D eigenvalue weighted by Gasteiger charge is 2.14. The molecule has 1 aromatic heterocycles. The fourth-order valence-corrected chi connectivity index (χ4v) is 2.81. The van der Waals surface area contributed by atoms with Crippen LogP contribution in [0.15, 0.2) is 53.0 Å². The van der Waals surface area contributed by atoms with Crippen molar-refractivity contribution in [3.8, 4) is 17.0 Å². The van der Waals surface area contributed by atoms with E-state index in [0.29, 0.717) is 22.2 Å². The number of rotatable bonds is 4. The maximum atomic E-state index is 12.4. The summed E-state index contributed by atoms with van der Waals surface area (Å²) in [5.74, 6) is 0.783. The lowest BCUT2D eigenvalue weighted by Crippen LogP contribution is -2.12. The number of H-pyrrole nitrogens is 1. The molecule has 0 aliphatic carbocycles. The third-order valence-corrected chi connectivity index (χ3v) is 4.21. The maximum absolute atomic E-state index is 12.4. The number of ether oxygens (including phenoxy) is 1. The van der Waals surface area contributed by atoms with Crippen molar-refractivity contribution < 1.29 is 9.53 Å². The minimum atomic E-state index is -0.334. The summed E-state index contributed by atoms with van der Waals surface area (Å²) in [6, 6.07) is 14.4. The normalized spacial score (nSPS) is 10.5. The van der Waals surface area contributed by atoms with Crippen LogP contribution < -0.4 is 10.1 Å². The average molecular weight is 407 g/mol. The molecule has 122 valence electrons. The van der Waals surface area contributed by atoms with Crippen LogP contribution in [0, 0.1) is 0 Å². The summed E-state index contributed by atoms with van der Waals surface area (Å²) in [5, 5.41) is 10.1. The second kappa shape index (κ2) is 7.07. The first-order valence-corrected chi connectivity index (χ1v) is 8.21. The zero-order chi connectivity index (χ0) is 17.1. The van der Waals surface area contributed by atoms with Crippen LogP contribution in [-0.4, -0.2) is 23.2 Å². The molecule has 0 saturated carbocycles. The molecule has 0 saturated heterocycles. The molecule has 3 aromatic rings. The van der Waals surface area contributed by atoms with Gasteiger partial charge < -0.3 is 10.1 Å². The fraction of sp³-hybridized carbons (Fsp3) is 0.0588. The van der Waals surface area contributed by atoms with Gasteiger partial charge in [-0.2, -0.15) is 5.10 Å². The van der Waals surface area contributed by atoms with Gasteiger partial charge in [-0.3, -0.25) is 9.89 Å².